The van der Waals surface area contributed by atoms with Crippen LogP contribution in [0, 0.1) is 0 Å². The van der Waals surface area contributed by atoms with E-state index in [1.54, 1.807) is 11.8 Å². The predicted molar refractivity (Wildman–Crippen MR) is 93.9 cm³/mol. The second-order valence-corrected chi connectivity index (χ2v) is 7.50. The third-order valence-electron chi connectivity index (χ3n) is 2.54. The Morgan fingerprint density at radius 2 is 2.32 bits per heavy atom. The smallest absolute Gasteiger partial charge is 0.305 e. The van der Waals surface area contributed by atoms with Crippen LogP contribution in [0.25, 0.3) is 0 Å². The minimum absolute atomic E-state index is 0.141. The van der Waals surface area contributed by atoms with Gasteiger partial charge in [-0.2, -0.15) is 0 Å². The number of halogens is 1. The number of nitrogens with one attached hydrogen (secondary N) is 1. The van der Waals surface area contributed by atoms with Crippen molar-refractivity contribution in [2.45, 2.75) is 24.1 Å². The third kappa shape index (κ3) is 5.94. The number of aromatic nitrogens is 2. The highest BCUT2D eigenvalue weighted by Crippen LogP contribution is 2.28. The number of hydrogen-bond acceptors (Lipinski definition) is 7. The number of esters is 1. The van der Waals surface area contributed by atoms with Crippen molar-refractivity contribution in [2.75, 3.05) is 17.7 Å². The van der Waals surface area contributed by atoms with Gasteiger partial charge in [-0.05, 0) is 31.5 Å². The fraction of sp³-hybridized carbons (Fsp3) is 0.357. The molecule has 0 saturated heterocycles. The van der Waals surface area contributed by atoms with Gasteiger partial charge in [0.15, 0.2) is 4.34 Å². The Balaban J connectivity index is 1.76. The van der Waals surface area contributed by atoms with E-state index in [0.717, 1.165) is 31.8 Å². The summed E-state index contributed by atoms with van der Waals surface area (Å²) in [6.07, 6.45) is 1.22. The molecule has 0 bridgehead atoms. The van der Waals surface area contributed by atoms with Crippen LogP contribution in [0.1, 0.15) is 19.8 Å². The summed E-state index contributed by atoms with van der Waals surface area (Å²) in [7, 11) is 0. The van der Waals surface area contributed by atoms with Crippen molar-refractivity contribution in [3.05, 3.63) is 28.7 Å². The summed E-state index contributed by atoms with van der Waals surface area (Å²) in [5, 5.41) is 12.2. The molecule has 0 spiro atoms. The first-order valence-corrected chi connectivity index (χ1v) is 9.41. The Labute approximate surface area is 146 Å². The number of carbonyl (C=O) groups is 1. The van der Waals surface area contributed by atoms with Gasteiger partial charge >= 0.3 is 5.97 Å². The van der Waals surface area contributed by atoms with Crippen LogP contribution in [-0.4, -0.2) is 28.5 Å². The first kappa shape index (κ1) is 17.2. The number of rotatable bonds is 8. The van der Waals surface area contributed by atoms with Crippen molar-refractivity contribution in [3.8, 4) is 0 Å². The molecule has 0 aliphatic carbocycles. The first-order chi connectivity index (χ1) is 10.7. The topological polar surface area (TPSA) is 64.1 Å². The minimum atomic E-state index is -0.141. The van der Waals surface area contributed by atoms with Crippen LogP contribution in [0.4, 0.5) is 10.8 Å². The van der Waals surface area contributed by atoms with Gasteiger partial charge in [0.25, 0.3) is 0 Å². The maximum absolute atomic E-state index is 11.2. The van der Waals surface area contributed by atoms with Gasteiger partial charge in [0.05, 0.1) is 6.61 Å². The predicted octanol–water partition coefficient (Wildman–Crippen LogP) is 4.48. The maximum atomic E-state index is 11.2. The number of benzene rings is 1. The lowest BCUT2D eigenvalue weighted by atomic mass is 10.3. The molecular weight excluding hydrogens is 386 g/mol. The zero-order valence-electron chi connectivity index (χ0n) is 12.0. The van der Waals surface area contributed by atoms with E-state index in [-0.39, 0.29) is 5.97 Å². The fourth-order valence-corrected chi connectivity index (χ4v) is 3.80. The van der Waals surface area contributed by atoms with Gasteiger partial charge in [-0.1, -0.05) is 45.1 Å². The molecule has 0 aliphatic rings. The van der Waals surface area contributed by atoms with E-state index in [0.29, 0.717) is 13.0 Å². The van der Waals surface area contributed by atoms with Gasteiger partial charge in [0.1, 0.15) is 0 Å². The number of carbonyl (C=O) groups excluding carboxylic acids is 1. The highest BCUT2D eigenvalue weighted by atomic mass is 79.9. The Kier molecular flexibility index (Phi) is 7.14. The zero-order valence-corrected chi connectivity index (χ0v) is 15.3. The standard InChI is InChI=1S/C14H16BrN3O2S2/c1-2-20-12(19)7-4-8-21-14-18-17-13(22-14)16-11-6-3-5-10(15)9-11/h3,5-6,9H,2,4,7-8H2,1H3,(H,16,17). The second kappa shape index (κ2) is 9.12. The number of ether oxygens (including phenoxy) is 1. The molecule has 118 valence electrons. The molecule has 5 nitrogen and oxygen atoms in total. The summed E-state index contributed by atoms with van der Waals surface area (Å²) in [5.74, 6) is 0.682. The molecule has 0 atom stereocenters. The summed E-state index contributed by atoms with van der Waals surface area (Å²) in [4.78, 5) is 11.2. The molecule has 0 unspecified atom stereocenters. The van der Waals surface area contributed by atoms with E-state index in [1.807, 2.05) is 31.2 Å². The van der Waals surface area contributed by atoms with Crippen LogP contribution >= 0.6 is 39.0 Å². The molecule has 0 amide bonds. The lowest BCUT2D eigenvalue weighted by Gasteiger charge is -2.01. The number of thioether (sulfide) groups is 1. The lowest BCUT2D eigenvalue weighted by molar-refractivity contribution is -0.143. The molecule has 22 heavy (non-hydrogen) atoms. The monoisotopic (exact) mass is 401 g/mol. The summed E-state index contributed by atoms with van der Waals surface area (Å²) in [5.41, 5.74) is 0.962. The van der Waals surface area contributed by atoms with E-state index in [2.05, 4.69) is 31.4 Å². The van der Waals surface area contributed by atoms with Gasteiger partial charge < -0.3 is 10.1 Å². The molecule has 2 aromatic rings. The third-order valence-corrected chi connectivity index (χ3v) is 5.09. The zero-order chi connectivity index (χ0) is 15.8. The maximum Gasteiger partial charge on any atom is 0.305 e. The number of nitrogens with zero attached hydrogens (tertiary/aromatic N) is 2. The average molecular weight is 402 g/mol. The quantitative estimate of drug-likeness (QED) is 0.399. The molecule has 1 aromatic carbocycles. The van der Waals surface area contributed by atoms with Crippen LogP contribution in [0.2, 0.25) is 0 Å². The van der Waals surface area contributed by atoms with Crippen LogP contribution in [0.15, 0.2) is 33.1 Å². The van der Waals surface area contributed by atoms with E-state index in [1.165, 1.54) is 11.3 Å². The summed E-state index contributed by atoms with van der Waals surface area (Å²) in [6, 6.07) is 7.88. The minimum Gasteiger partial charge on any atom is -0.466 e. The molecule has 1 N–H and O–H groups in total. The van der Waals surface area contributed by atoms with Crippen molar-refractivity contribution in [1.29, 1.82) is 0 Å². The van der Waals surface area contributed by atoms with Gasteiger partial charge in [0.2, 0.25) is 5.13 Å². The molecule has 2 rings (SSSR count). The van der Waals surface area contributed by atoms with E-state index in [9.17, 15) is 4.79 Å². The Morgan fingerprint density at radius 1 is 1.45 bits per heavy atom. The van der Waals surface area contributed by atoms with Crippen LogP contribution in [-0.2, 0) is 9.53 Å². The largest absolute Gasteiger partial charge is 0.466 e. The number of hydrogen-bond donors (Lipinski definition) is 1. The molecule has 8 heteroatoms. The molecule has 0 saturated carbocycles. The molecule has 1 aromatic heterocycles. The highest BCUT2D eigenvalue weighted by Gasteiger charge is 2.06. The van der Waals surface area contributed by atoms with E-state index >= 15 is 0 Å². The van der Waals surface area contributed by atoms with E-state index < -0.39 is 0 Å². The second-order valence-electron chi connectivity index (χ2n) is 4.27. The van der Waals surface area contributed by atoms with Gasteiger partial charge in [-0.3, -0.25) is 4.79 Å². The molecule has 0 radical (unpaired) electrons. The molecular formula is C14H16BrN3O2S2. The first-order valence-electron chi connectivity index (χ1n) is 6.82. The highest BCUT2D eigenvalue weighted by molar-refractivity contribution is 9.10. The molecule has 1 heterocycles. The normalized spacial score (nSPS) is 10.5. The van der Waals surface area contributed by atoms with Crippen LogP contribution < -0.4 is 5.32 Å². The molecule has 0 aliphatic heterocycles. The summed E-state index contributed by atoms with van der Waals surface area (Å²) < 4.78 is 6.79. The van der Waals surface area contributed by atoms with Crippen LogP contribution in [0.3, 0.4) is 0 Å². The van der Waals surface area contributed by atoms with Crippen molar-refractivity contribution in [1.82, 2.24) is 10.2 Å². The lowest BCUT2D eigenvalue weighted by Crippen LogP contribution is -2.03. The van der Waals surface area contributed by atoms with Crippen molar-refractivity contribution >= 4 is 55.8 Å². The van der Waals surface area contributed by atoms with Gasteiger partial charge in [-0.25, -0.2) is 0 Å². The summed E-state index contributed by atoms with van der Waals surface area (Å²) >= 11 is 6.53. The summed E-state index contributed by atoms with van der Waals surface area (Å²) in [6.45, 7) is 2.25. The Bertz CT molecular complexity index is 622. The SMILES string of the molecule is CCOC(=O)CCCSc1nnc(Nc2cccc(Br)c2)s1. The van der Waals surface area contributed by atoms with Crippen molar-refractivity contribution < 1.29 is 9.53 Å². The fourth-order valence-electron chi connectivity index (χ4n) is 1.62. The average Bonchev–Trinajstić information content (AvgIpc) is 2.91. The molecule has 0 fully saturated rings. The van der Waals surface area contributed by atoms with Gasteiger partial charge in [-0.15, -0.1) is 10.2 Å². The number of anilines is 2. The van der Waals surface area contributed by atoms with Crippen molar-refractivity contribution in [3.63, 3.8) is 0 Å². The van der Waals surface area contributed by atoms with Gasteiger partial charge in [0, 0.05) is 22.3 Å². The Hall–Kier alpha value is -1.12. The van der Waals surface area contributed by atoms with E-state index in [4.69, 9.17) is 4.74 Å². The van der Waals surface area contributed by atoms with Crippen LogP contribution in [0.5, 0.6) is 0 Å². The van der Waals surface area contributed by atoms with Crippen molar-refractivity contribution in [2.24, 2.45) is 0 Å². The Morgan fingerprint density at radius 3 is 3.09 bits per heavy atom.